The van der Waals surface area contributed by atoms with Crippen LogP contribution in [-0.4, -0.2) is 53.9 Å². The van der Waals surface area contributed by atoms with Gasteiger partial charge in [-0.25, -0.2) is 4.68 Å². The molecule has 1 aliphatic rings. The second-order valence-corrected chi connectivity index (χ2v) is 6.98. The van der Waals surface area contributed by atoms with Gasteiger partial charge in [0.05, 0.1) is 18.0 Å². The Morgan fingerprint density at radius 3 is 2.56 bits per heavy atom. The fourth-order valence-electron chi connectivity index (χ4n) is 3.73. The lowest BCUT2D eigenvalue weighted by Gasteiger charge is -2.36. The van der Waals surface area contributed by atoms with Crippen molar-refractivity contribution >= 4 is 22.5 Å². The maximum atomic E-state index is 12.9. The quantitative estimate of drug-likeness (QED) is 0.717. The standard InChI is InChI=1S/C21H24N4O2/c1-15-5-4-6-17(13-15)24-9-11-25(12-10-24)20(26)16-7-8-18-19(14-16)22-23(2)21(18)27-3/h4-8,13-14H,9-12H2,1-3H3. The zero-order valence-corrected chi connectivity index (χ0v) is 16.0. The summed E-state index contributed by atoms with van der Waals surface area (Å²) in [5.74, 6) is 0.765. The van der Waals surface area contributed by atoms with Crippen LogP contribution in [0.3, 0.4) is 0 Å². The maximum Gasteiger partial charge on any atom is 0.254 e. The van der Waals surface area contributed by atoms with E-state index in [4.69, 9.17) is 4.74 Å². The summed E-state index contributed by atoms with van der Waals surface area (Å²) in [7, 11) is 3.47. The van der Waals surface area contributed by atoms with Crippen molar-refractivity contribution in [2.45, 2.75) is 6.92 Å². The molecule has 140 valence electrons. The number of anilines is 1. The molecule has 4 rings (SSSR count). The van der Waals surface area contributed by atoms with Gasteiger partial charge >= 0.3 is 0 Å². The highest BCUT2D eigenvalue weighted by molar-refractivity contribution is 5.98. The first-order chi connectivity index (χ1) is 13.1. The molecule has 0 spiro atoms. The van der Waals surface area contributed by atoms with Crippen molar-refractivity contribution in [1.29, 1.82) is 0 Å². The molecule has 0 saturated carbocycles. The zero-order valence-electron chi connectivity index (χ0n) is 16.0. The van der Waals surface area contributed by atoms with Crippen molar-refractivity contribution in [3.8, 4) is 5.88 Å². The van der Waals surface area contributed by atoms with Crippen LogP contribution in [-0.2, 0) is 7.05 Å². The van der Waals surface area contributed by atoms with Gasteiger partial charge in [-0.2, -0.15) is 5.10 Å². The number of ether oxygens (including phenoxy) is 1. The first-order valence-electron chi connectivity index (χ1n) is 9.18. The molecular formula is C21H24N4O2. The number of fused-ring (bicyclic) bond motifs is 1. The molecule has 1 saturated heterocycles. The lowest BCUT2D eigenvalue weighted by Crippen LogP contribution is -2.48. The van der Waals surface area contributed by atoms with E-state index in [1.807, 2.05) is 30.1 Å². The molecule has 0 bridgehead atoms. The number of nitrogens with zero attached hydrogens (tertiary/aromatic N) is 4. The Bertz CT molecular complexity index is 987. The van der Waals surface area contributed by atoms with E-state index in [1.165, 1.54) is 11.3 Å². The van der Waals surface area contributed by atoms with Gasteiger partial charge in [0, 0.05) is 44.5 Å². The molecule has 27 heavy (non-hydrogen) atoms. The number of methoxy groups -OCH3 is 1. The van der Waals surface area contributed by atoms with Crippen molar-refractivity contribution in [3.63, 3.8) is 0 Å². The average molecular weight is 364 g/mol. The van der Waals surface area contributed by atoms with Crippen LogP contribution in [0, 0.1) is 6.92 Å². The van der Waals surface area contributed by atoms with E-state index in [1.54, 1.807) is 11.8 Å². The van der Waals surface area contributed by atoms with E-state index in [0.29, 0.717) is 11.4 Å². The number of benzene rings is 2. The number of piperazine rings is 1. The predicted molar refractivity (Wildman–Crippen MR) is 107 cm³/mol. The molecule has 1 aliphatic heterocycles. The first kappa shape index (κ1) is 17.4. The van der Waals surface area contributed by atoms with Gasteiger partial charge < -0.3 is 14.5 Å². The molecule has 3 aromatic rings. The van der Waals surface area contributed by atoms with Gasteiger partial charge in [0.1, 0.15) is 0 Å². The summed E-state index contributed by atoms with van der Waals surface area (Å²) in [6, 6.07) is 14.1. The van der Waals surface area contributed by atoms with Crippen molar-refractivity contribution in [1.82, 2.24) is 14.7 Å². The van der Waals surface area contributed by atoms with Crippen molar-refractivity contribution in [2.75, 3.05) is 38.2 Å². The molecule has 0 unspecified atom stereocenters. The van der Waals surface area contributed by atoms with Gasteiger partial charge in [-0.3, -0.25) is 4.79 Å². The Hall–Kier alpha value is -3.02. The summed E-state index contributed by atoms with van der Waals surface area (Å²) >= 11 is 0. The van der Waals surface area contributed by atoms with Crippen molar-refractivity contribution < 1.29 is 9.53 Å². The largest absolute Gasteiger partial charge is 0.481 e. The van der Waals surface area contributed by atoms with Gasteiger partial charge in [-0.15, -0.1) is 0 Å². The number of hydrogen-bond acceptors (Lipinski definition) is 4. The molecule has 2 aromatic carbocycles. The monoisotopic (exact) mass is 364 g/mol. The number of aryl methyl sites for hydroxylation is 2. The average Bonchev–Trinajstić information content (AvgIpc) is 3.01. The Morgan fingerprint density at radius 2 is 1.85 bits per heavy atom. The molecule has 6 nitrogen and oxygen atoms in total. The van der Waals surface area contributed by atoms with Gasteiger partial charge in [0.15, 0.2) is 0 Å². The van der Waals surface area contributed by atoms with Gasteiger partial charge in [-0.05, 0) is 42.8 Å². The molecule has 6 heteroatoms. The fourth-order valence-corrected chi connectivity index (χ4v) is 3.73. The van der Waals surface area contributed by atoms with Crippen LogP contribution in [0.15, 0.2) is 42.5 Å². The first-order valence-corrected chi connectivity index (χ1v) is 9.18. The molecule has 0 N–H and O–H groups in total. The van der Waals surface area contributed by atoms with E-state index in [-0.39, 0.29) is 5.91 Å². The Morgan fingerprint density at radius 1 is 1.07 bits per heavy atom. The number of rotatable bonds is 3. The highest BCUT2D eigenvalue weighted by Gasteiger charge is 2.23. The third kappa shape index (κ3) is 3.23. The second-order valence-electron chi connectivity index (χ2n) is 6.98. The molecular weight excluding hydrogens is 340 g/mol. The number of hydrogen-bond donors (Lipinski definition) is 0. The Kier molecular flexibility index (Phi) is 4.48. The van der Waals surface area contributed by atoms with E-state index < -0.39 is 0 Å². The molecule has 0 aliphatic carbocycles. The van der Waals surface area contributed by atoms with Crippen LogP contribution in [0.4, 0.5) is 5.69 Å². The molecule has 1 amide bonds. The Balaban J connectivity index is 1.48. The van der Waals surface area contributed by atoms with Gasteiger partial charge in [0.25, 0.3) is 5.91 Å². The van der Waals surface area contributed by atoms with Crippen LogP contribution >= 0.6 is 0 Å². The van der Waals surface area contributed by atoms with E-state index >= 15 is 0 Å². The van der Waals surface area contributed by atoms with E-state index in [0.717, 1.165) is 37.1 Å². The second kappa shape index (κ2) is 6.95. The van der Waals surface area contributed by atoms with Crippen molar-refractivity contribution in [2.24, 2.45) is 7.05 Å². The smallest absolute Gasteiger partial charge is 0.254 e. The van der Waals surface area contributed by atoms with E-state index in [9.17, 15) is 4.79 Å². The number of carbonyl (C=O) groups excluding carboxylic acids is 1. The Labute approximate surface area is 158 Å². The number of carbonyl (C=O) groups is 1. The topological polar surface area (TPSA) is 50.6 Å². The van der Waals surface area contributed by atoms with Crippen LogP contribution in [0.2, 0.25) is 0 Å². The highest BCUT2D eigenvalue weighted by atomic mass is 16.5. The summed E-state index contributed by atoms with van der Waals surface area (Å²) in [5, 5.41) is 5.36. The van der Waals surface area contributed by atoms with Crippen LogP contribution in [0.1, 0.15) is 15.9 Å². The highest BCUT2D eigenvalue weighted by Crippen LogP contribution is 2.26. The van der Waals surface area contributed by atoms with Gasteiger partial charge in [0.2, 0.25) is 5.88 Å². The lowest BCUT2D eigenvalue weighted by atomic mass is 10.1. The molecule has 2 heterocycles. The lowest BCUT2D eigenvalue weighted by molar-refractivity contribution is 0.0747. The molecule has 0 radical (unpaired) electrons. The normalized spacial score (nSPS) is 14.6. The zero-order chi connectivity index (χ0) is 19.0. The number of amides is 1. The third-order valence-corrected chi connectivity index (χ3v) is 5.15. The van der Waals surface area contributed by atoms with Crippen LogP contribution in [0.25, 0.3) is 10.9 Å². The van der Waals surface area contributed by atoms with Crippen molar-refractivity contribution in [3.05, 3.63) is 53.6 Å². The minimum atomic E-state index is 0.0606. The summed E-state index contributed by atoms with van der Waals surface area (Å²) in [6.07, 6.45) is 0. The molecule has 1 fully saturated rings. The number of aromatic nitrogens is 2. The summed E-state index contributed by atoms with van der Waals surface area (Å²) < 4.78 is 7.07. The molecule has 0 atom stereocenters. The summed E-state index contributed by atoms with van der Waals surface area (Å²) in [4.78, 5) is 17.2. The van der Waals surface area contributed by atoms with E-state index in [2.05, 4.69) is 41.2 Å². The predicted octanol–water partition coefficient (Wildman–Crippen LogP) is 2.85. The van der Waals surface area contributed by atoms with Crippen LogP contribution < -0.4 is 9.64 Å². The minimum Gasteiger partial charge on any atom is -0.481 e. The fraction of sp³-hybridized carbons (Fsp3) is 0.333. The molecule has 1 aromatic heterocycles. The maximum absolute atomic E-state index is 12.9. The SMILES string of the molecule is COc1c2ccc(C(=O)N3CCN(c4cccc(C)c4)CC3)cc2nn1C. The minimum absolute atomic E-state index is 0.0606. The summed E-state index contributed by atoms with van der Waals surface area (Å²) in [6.45, 7) is 5.22. The summed E-state index contributed by atoms with van der Waals surface area (Å²) in [5.41, 5.74) is 3.93. The van der Waals surface area contributed by atoms with Gasteiger partial charge in [-0.1, -0.05) is 12.1 Å². The van der Waals surface area contributed by atoms with Crippen LogP contribution in [0.5, 0.6) is 5.88 Å². The third-order valence-electron chi connectivity index (χ3n) is 5.15.